The lowest BCUT2D eigenvalue weighted by Crippen LogP contribution is -2.34. The smallest absolute Gasteiger partial charge is 0.414 e. The van der Waals surface area contributed by atoms with Crippen LogP contribution < -0.4 is 10.1 Å². The Morgan fingerprint density at radius 2 is 1.83 bits per heavy atom. The highest BCUT2D eigenvalue weighted by atomic mass is 16.6. The lowest BCUT2D eigenvalue weighted by molar-refractivity contribution is 0.0350. The molecule has 2 aliphatic rings. The molecule has 0 saturated carbocycles. The molecule has 0 unspecified atom stereocenters. The van der Waals surface area contributed by atoms with E-state index >= 15 is 0 Å². The van der Waals surface area contributed by atoms with Crippen molar-refractivity contribution in [3.8, 4) is 5.88 Å². The number of rotatable bonds is 5. The van der Waals surface area contributed by atoms with Crippen LogP contribution in [0.15, 0.2) is 66.9 Å². The van der Waals surface area contributed by atoms with Gasteiger partial charge in [-0.2, -0.15) is 0 Å². The zero-order valence-electron chi connectivity index (χ0n) is 21.7. The van der Waals surface area contributed by atoms with E-state index in [9.17, 15) is 9.59 Å². The quantitative estimate of drug-likeness (QED) is 0.546. The topological polar surface area (TPSA) is 80.8 Å². The van der Waals surface area contributed by atoms with Crippen LogP contribution >= 0.6 is 0 Å². The van der Waals surface area contributed by atoms with Gasteiger partial charge < -0.3 is 14.8 Å². The highest BCUT2D eigenvalue weighted by Gasteiger charge is 2.20. The summed E-state index contributed by atoms with van der Waals surface area (Å²) in [5, 5.41) is 3.37. The second kappa shape index (κ2) is 13.0. The van der Waals surface area contributed by atoms with Crippen LogP contribution in [0.25, 0.3) is 0 Å². The normalized spacial score (nSPS) is 15.6. The number of piperidine rings is 1. The molecule has 1 aromatic heterocycles. The fourth-order valence-corrected chi connectivity index (χ4v) is 3.82. The maximum Gasteiger partial charge on any atom is 0.414 e. The van der Waals surface area contributed by atoms with E-state index in [1.54, 1.807) is 13.1 Å². The second-order valence-corrected chi connectivity index (χ2v) is 9.87. The maximum absolute atomic E-state index is 11.4. The van der Waals surface area contributed by atoms with Crippen LogP contribution in [0.5, 0.6) is 5.88 Å². The van der Waals surface area contributed by atoms with Gasteiger partial charge in [0.1, 0.15) is 12.2 Å². The van der Waals surface area contributed by atoms with E-state index in [1.807, 2.05) is 75.4 Å². The lowest BCUT2D eigenvalue weighted by atomic mass is 9.94. The Balaban J connectivity index is 0.000000236. The summed E-state index contributed by atoms with van der Waals surface area (Å²) < 4.78 is 11.0. The summed E-state index contributed by atoms with van der Waals surface area (Å²) in [4.78, 5) is 29.1. The zero-order valence-corrected chi connectivity index (χ0v) is 21.7. The van der Waals surface area contributed by atoms with E-state index in [2.05, 4.69) is 16.4 Å². The van der Waals surface area contributed by atoms with Gasteiger partial charge in [-0.05, 0) is 77.4 Å². The fraction of sp³-hybridized carbons (Fsp3) is 0.414. The number of pyridine rings is 1. The number of Topliss-reactive ketones (excluding diaryl/α,β-unsaturated/α-hetero) is 1. The molecule has 0 bridgehead atoms. The Morgan fingerprint density at radius 1 is 1.08 bits per heavy atom. The molecule has 0 aliphatic carbocycles. The van der Waals surface area contributed by atoms with Gasteiger partial charge in [0.25, 0.3) is 0 Å². The minimum Gasteiger partial charge on any atom is -0.473 e. The first-order valence-corrected chi connectivity index (χ1v) is 12.4. The van der Waals surface area contributed by atoms with Gasteiger partial charge in [-0.15, -0.1) is 0 Å². The molecule has 1 fully saturated rings. The molecule has 7 heteroatoms. The molecule has 1 N–H and O–H groups in total. The van der Waals surface area contributed by atoms with Crippen LogP contribution in [0.4, 0.5) is 4.79 Å². The summed E-state index contributed by atoms with van der Waals surface area (Å²) in [5.41, 5.74) is 2.38. The van der Waals surface area contributed by atoms with Crippen molar-refractivity contribution < 1.29 is 19.1 Å². The van der Waals surface area contributed by atoms with Crippen LogP contribution in [-0.4, -0.2) is 47.0 Å². The summed E-state index contributed by atoms with van der Waals surface area (Å²) in [6.45, 7) is 10.3. The molecular formula is C29H37N3O4. The van der Waals surface area contributed by atoms with Crippen molar-refractivity contribution in [2.45, 2.75) is 58.7 Å². The van der Waals surface area contributed by atoms with Crippen molar-refractivity contribution >= 4 is 11.9 Å². The van der Waals surface area contributed by atoms with Crippen LogP contribution in [-0.2, 0) is 11.3 Å². The van der Waals surface area contributed by atoms with E-state index in [0.717, 1.165) is 37.2 Å². The average molecular weight is 492 g/mol. The highest BCUT2D eigenvalue weighted by Crippen LogP contribution is 2.25. The number of carbonyl (C=O) groups excluding carboxylic acids is 2. The predicted molar refractivity (Wildman–Crippen MR) is 141 cm³/mol. The van der Waals surface area contributed by atoms with Gasteiger partial charge >= 0.3 is 6.09 Å². The highest BCUT2D eigenvalue weighted by molar-refractivity contribution is 5.94. The lowest BCUT2D eigenvalue weighted by Gasteiger charge is -2.25. The largest absolute Gasteiger partial charge is 0.473 e. The summed E-state index contributed by atoms with van der Waals surface area (Å²) in [6.07, 6.45) is 9.29. The summed E-state index contributed by atoms with van der Waals surface area (Å²) in [5.74, 6) is 1.23. The third kappa shape index (κ3) is 8.96. The first kappa shape index (κ1) is 27.1. The second-order valence-electron chi connectivity index (χ2n) is 9.87. The Kier molecular flexibility index (Phi) is 9.82. The molecule has 3 heterocycles. The van der Waals surface area contributed by atoms with Crippen LogP contribution in [0.2, 0.25) is 0 Å². The number of nitrogens with zero attached hydrogens (tertiary/aromatic N) is 2. The minimum absolute atomic E-state index is 0.0675. The summed E-state index contributed by atoms with van der Waals surface area (Å²) in [6, 6.07) is 13.5. The number of benzene rings is 1. The zero-order chi connectivity index (χ0) is 26.0. The van der Waals surface area contributed by atoms with Crippen LogP contribution in [0.1, 0.15) is 68.1 Å². The van der Waals surface area contributed by atoms with Gasteiger partial charge in [0, 0.05) is 36.0 Å². The fourth-order valence-electron chi connectivity index (χ4n) is 3.82. The molecule has 0 spiro atoms. The molecule has 36 heavy (non-hydrogen) atoms. The predicted octanol–water partition coefficient (Wildman–Crippen LogP) is 5.64. The molecule has 2 aromatic rings. The summed E-state index contributed by atoms with van der Waals surface area (Å²) >= 11 is 0. The number of hydrogen-bond acceptors (Lipinski definition) is 6. The first-order chi connectivity index (χ1) is 17.2. The van der Waals surface area contributed by atoms with E-state index in [0.29, 0.717) is 30.5 Å². The molecule has 0 radical (unpaired) electrons. The van der Waals surface area contributed by atoms with E-state index in [-0.39, 0.29) is 11.9 Å². The number of hydrogen-bond donors (Lipinski definition) is 1. The Labute approximate surface area is 214 Å². The van der Waals surface area contributed by atoms with E-state index in [4.69, 9.17) is 9.47 Å². The van der Waals surface area contributed by atoms with Crippen LogP contribution in [0, 0.1) is 0 Å². The first-order valence-electron chi connectivity index (χ1n) is 12.4. The van der Waals surface area contributed by atoms with E-state index in [1.165, 1.54) is 4.90 Å². The third-order valence-electron chi connectivity index (χ3n) is 5.67. The van der Waals surface area contributed by atoms with Crippen molar-refractivity contribution in [2.24, 2.45) is 0 Å². The molecule has 7 nitrogen and oxygen atoms in total. The number of ketones is 1. The van der Waals surface area contributed by atoms with Crippen molar-refractivity contribution in [1.29, 1.82) is 0 Å². The molecule has 4 rings (SSSR count). The minimum atomic E-state index is -0.425. The van der Waals surface area contributed by atoms with Crippen molar-refractivity contribution in [3.63, 3.8) is 0 Å². The Hall–Kier alpha value is -3.45. The van der Waals surface area contributed by atoms with Gasteiger partial charge in [-0.1, -0.05) is 36.4 Å². The molecule has 1 aromatic carbocycles. The number of nitrogens with one attached hydrogen (secondary N) is 1. The Bertz CT molecular complexity index is 1080. The van der Waals surface area contributed by atoms with Crippen LogP contribution in [0.3, 0.4) is 0 Å². The monoisotopic (exact) mass is 491 g/mol. The van der Waals surface area contributed by atoms with Gasteiger partial charge in [-0.25, -0.2) is 9.78 Å². The number of ether oxygens (including phenoxy) is 2. The molecule has 2 aliphatic heterocycles. The van der Waals surface area contributed by atoms with Crippen molar-refractivity contribution in [2.75, 3.05) is 19.6 Å². The summed E-state index contributed by atoms with van der Waals surface area (Å²) in [7, 11) is 0. The molecule has 1 saturated heterocycles. The number of aromatic nitrogens is 1. The third-order valence-corrected chi connectivity index (χ3v) is 5.67. The molecule has 192 valence electrons. The van der Waals surface area contributed by atoms with Crippen molar-refractivity contribution in [3.05, 3.63) is 83.7 Å². The number of allylic oxidation sites excluding steroid dienone is 2. The SMILES string of the molecule is CC(=O)c1cccc(COc2cccc(C3CCNCC3)n2)c1.CC(C)(C)OC(=O)N1C=CC=CC1. The molecule has 0 atom stereocenters. The van der Waals surface area contributed by atoms with Gasteiger partial charge in [0.05, 0.1) is 0 Å². The average Bonchev–Trinajstić information content (AvgIpc) is 2.88. The van der Waals surface area contributed by atoms with E-state index < -0.39 is 5.60 Å². The maximum atomic E-state index is 11.4. The number of carbonyl (C=O) groups is 2. The van der Waals surface area contributed by atoms with Gasteiger partial charge in [0.15, 0.2) is 5.78 Å². The van der Waals surface area contributed by atoms with Gasteiger partial charge in [0.2, 0.25) is 5.88 Å². The van der Waals surface area contributed by atoms with Gasteiger partial charge in [-0.3, -0.25) is 9.69 Å². The molecule has 1 amide bonds. The van der Waals surface area contributed by atoms with Crippen molar-refractivity contribution in [1.82, 2.24) is 15.2 Å². The standard InChI is InChI=1S/C19H22N2O2.C10H15NO2/c1-14(22)17-5-2-4-15(12-17)13-23-19-7-3-6-18(21-19)16-8-10-20-11-9-16;1-10(2,3)13-9(12)11-7-5-4-6-8-11/h2-7,12,16,20H,8-11,13H2,1H3;4-7H,8H2,1-3H3. The molecular weight excluding hydrogens is 454 g/mol. The number of amides is 1. The Morgan fingerprint density at radius 3 is 2.50 bits per heavy atom.